The largest absolute Gasteiger partial charge is 0.491 e. The van der Waals surface area contributed by atoms with Gasteiger partial charge >= 0.3 is 6.18 Å². The predicted molar refractivity (Wildman–Crippen MR) is 114 cm³/mol. The zero-order chi connectivity index (χ0) is 23.4. The van der Waals surface area contributed by atoms with Crippen molar-refractivity contribution in [2.75, 3.05) is 25.0 Å². The Morgan fingerprint density at radius 1 is 1.12 bits per heavy atom. The maximum atomic E-state index is 13.1. The summed E-state index contributed by atoms with van der Waals surface area (Å²) in [5.74, 6) is -0.814. The van der Waals surface area contributed by atoms with Crippen LogP contribution in [0.3, 0.4) is 0 Å². The van der Waals surface area contributed by atoms with Gasteiger partial charge in [0.2, 0.25) is 15.9 Å². The molecule has 1 aliphatic rings. The van der Waals surface area contributed by atoms with Crippen LogP contribution in [0.1, 0.15) is 31.7 Å². The molecule has 0 bridgehead atoms. The zero-order valence-corrected chi connectivity index (χ0v) is 18.4. The number of amides is 1. The predicted octanol–water partition coefficient (Wildman–Crippen LogP) is 4.53. The highest BCUT2D eigenvalue weighted by molar-refractivity contribution is 7.89. The minimum absolute atomic E-state index is 0.0439. The smallest absolute Gasteiger partial charge is 0.416 e. The van der Waals surface area contributed by atoms with E-state index in [0.717, 1.165) is 12.1 Å². The number of nitrogens with zero attached hydrogens (tertiary/aromatic N) is 1. The molecular weight excluding hydrogens is 445 g/mol. The molecule has 1 heterocycles. The highest BCUT2D eigenvalue weighted by atomic mass is 32.2. The fraction of sp³-hybridized carbons (Fsp3) is 0.409. The van der Waals surface area contributed by atoms with Crippen LogP contribution in [0.15, 0.2) is 53.4 Å². The number of alkyl halides is 3. The SMILES string of the molecule is CCCOc1ccc(C(F)(F)F)cc1NC(=O)C1CCN(S(=O)(=O)c2ccccc2)CC1. The van der Waals surface area contributed by atoms with Crippen LogP contribution in [0, 0.1) is 5.92 Å². The molecule has 1 saturated heterocycles. The summed E-state index contributed by atoms with van der Waals surface area (Å²) in [6, 6.07) is 11.0. The monoisotopic (exact) mass is 470 g/mol. The molecule has 0 unspecified atom stereocenters. The molecule has 0 saturated carbocycles. The number of halogens is 3. The van der Waals surface area contributed by atoms with Crippen molar-refractivity contribution in [2.45, 2.75) is 37.3 Å². The molecule has 10 heteroatoms. The first kappa shape index (κ1) is 24.1. The Balaban J connectivity index is 1.69. The Hall–Kier alpha value is -2.59. The van der Waals surface area contributed by atoms with E-state index >= 15 is 0 Å². The van der Waals surface area contributed by atoms with Gasteiger partial charge in [-0.05, 0) is 49.6 Å². The topological polar surface area (TPSA) is 75.7 Å². The number of benzene rings is 2. The van der Waals surface area contributed by atoms with E-state index in [1.54, 1.807) is 18.2 Å². The number of anilines is 1. The molecule has 6 nitrogen and oxygen atoms in total. The van der Waals surface area contributed by atoms with Crippen molar-refractivity contribution in [1.29, 1.82) is 0 Å². The van der Waals surface area contributed by atoms with Gasteiger partial charge in [-0.2, -0.15) is 17.5 Å². The molecule has 0 aromatic heterocycles. The minimum Gasteiger partial charge on any atom is -0.491 e. The lowest BCUT2D eigenvalue weighted by Gasteiger charge is -2.30. The van der Waals surface area contributed by atoms with E-state index in [0.29, 0.717) is 13.0 Å². The molecule has 32 heavy (non-hydrogen) atoms. The summed E-state index contributed by atoms with van der Waals surface area (Å²) in [7, 11) is -3.65. The van der Waals surface area contributed by atoms with Gasteiger partial charge in [0, 0.05) is 19.0 Å². The fourth-order valence-corrected chi connectivity index (χ4v) is 4.97. The highest BCUT2D eigenvalue weighted by Gasteiger charge is 2.34. The number of piperidine rings is 1. The van der Waals surface area contributed by atoms with Gasteiger partial charge in [-0.3, -0.25) is 4.79 Å². The van der Waals surface area contributed by atoms with Gasteiger partial charge in [0.05, 0.1) is 22.8 Å². The first-order chi connectivity index (χ1) is 15.1. The number of rotatable bonds is 7. The third-order valence-electron chi connectivity index (χ3n) is 5.23. The summed E-state index contributed by atoms with van der Waals surface area (Å²) in [6.45, 7) is 2.46. The fourth-order valence-electron chi connectivity index (χ4n) is 3.48. The summed E-state index contributed by atoms with van der Waals surface area (Å²) in [6.07, 6.45) is -3.37. The van der Waals surface area contributed by atoms with Gasteiger partial charge in [-0.1, -0.05) is 25.1 Å². The van der Waals surface area contributed by atoms with Crippen LogP contribution in [0.4, 0.5) is 18.9 Å². The molecule has 3 rings (SSSR count). The number of hydrogen-bond acceptors (Lipinski definition) is 4. The number of hydrogen-bond donors (Lipinski definition) is 1. The van der Waals surface area contributed by atoms with E-state index in [1.807, 2.05) is 6.92 Å². The third kappa shape index (κ3) is 5.60. The van der Waals surface area contributed by atoms with Gasteiger partial charge in [0.1, 0.15) is 5.75 Å². The van der Waals surface area contributed by atoms with E-state index in [-0.39, 0.29) is 42.3 Å². The maximum absolute atomic E-state index is 13.1. The lowest BCUT2D eigenvalue weighted by atomic mass is 9.97. The maximum Gasteiger partial charge on any atom is 0.416 e. The van der Waals surface area contributed by atoms with Crippen LogP contribution in [-0.4, -0.2) is 38.3 Å². The molecule has 1 aliphatic heterocycles. The standard InChI is InChI=1S/C22H25F3N2O4S/c1-2-14-31-20-9-8-17(22(23,24)25)15-19(20)26-21(28)16-10-12-27(13-11-16)32(29,30)18-6-4-3-5-7-18/h3-9,15-16H,2,10-14H2,1H3,(H,26,28). The van der Waals surface area contributed by atoms with E-state index < -0.39 is 33.6 Å². The molecule has 0 radical (unpaired) electrons. The van der Waals surface area contributed by atoms with Crippen molar-refractivity contribution in [2.24, 2.45) is 5.92 Å². The van der Waals surface area contributed by atoms with Crippen molar-refractivity contribution in [1.82, 2.24) is 4.31 Å². The summed E-state index contributed by atoms with van der Waals surface area (Å²) < 4.78 is 71.6. The van der Waals surface area contributed by atoms with Crippen molar-refractivity contribution < 1.29 is 31.1 Å². The Morgan fingerprint density at radius 2 is 1.78 bits per heavy atom. The van der Waals surface area contributed by atoms with Crippen LogP contribution in [-0.2, 0) is 21.0 Å². The second-order valence-electron chi connectivity index (χ2n) is 7.54. The average molecular weight is 471 g/mol. The first-order valence-corrected chi connectivity index (χ1v) is 11.8. The average Bonchev–Trinajstić information content (AvgIpc) is 2.78. The second-order valence-corrected chi connectivity index (χ2v) is 9.48. The third-order valence-corrected chi connectivity index (χ3v) is 7.15. The van der Waals surface area contributed by atoms with E-state index in [4.69, 9.17) is 4.74 Å². The number of sulfonamides is 1. The van der Waals surface area contributed by atoms with Crippen LogP contribution in [0.25, 0.3) is 0 Å². The quantitative estimate of drug-likeness (QED) is 0.645. The lowest BCUT2D eigenvalue weighted by Crippen LogP contribution is -2.41. The lowest BCUT2D eigenvalue weighted by molar-refractivity contribution is -0.137. The van der Waals surface area contributed by atoms with Crippen LogP contribution in [0.2, 0.25) is 0 Å². The molecule has 2 aromatic rings. The molecule has 1 amide bonds. The normalized spacial score (nSPS) is 16.0. The van der Waals surface area contributed by atoms with Gasteiger partial charge in [0.25, 0.3) is 0 Å². The molecule has 2 aromatic carbocycles. The zero-order valence-electron chi connectivity index (χ0n) is 17.6. The van der Waals surface area contributed by atoms with Crippen LogP contribution >= 0.6 is 0 Å². The van der Waals surface area contributed by atoms with E-state index in [2.05, 4.69) is 5.32 Å². The Labute approximate surface area is 185 Å². The molecule has 174 valence electrons. The van der Waals surface area contributed by atoms with Gasteiger partial charge in [-0.15, -0.1) is 0 Å². The number of carbonyl (C=O) groups excluding carboxylic acids is 1. The minimum atomic E-state index is -4.56. The van der Waals surface area contributed by atoms with Gasteiger partial charge in [-0.25, -0.2) is 8.42 Å². The van der Waals surface area contributed by atoms with Crippen molar-refractivity contribution >= 4 is 21.6 Å². The van der Waals surface area contributed by atoms with E-state index in [1.165, 1.54) is 22.5 Å². The van der Waals surface area contributed by atoms with Crippen LogP contribution in [0.5, 0.6) is 5.75 Å². The molecule has 0 spiro atoms. The second kappa shape index (κ2) is 9.91. The summed E-state index contributed by atoms with van der Waals surface area (Å²) in [5, 5.41) is 2.56. The molecule has 1 fully saturated rings. The van der Waals surface area contributed by atoms with Crippen molar-refractivity contribution in [3.63, 3.8) is 0 Å². The van der Waals surface area contributed by atoms with Gasteiger partial charge in [0.15, 0.2) is 0 Å². The van der Waals surface area contributed by atoms with Crippen molar-refractivity contribution in [3.8, 4) is 5.75 Å². The Bertz CT molecular complexity index is 1030. The Morgan fingerprint density at radius 3 is 2.38 bits per heavy atom. The van der Waals surface area contributed by atoms with Crippen molar-refractivity contribution in [3.05, 3.63) is 54.1 Å². The molecule has 1 N–H and O–H groups in total. The first-order valence-electron chi connectivity index (χ1n) is 10.3. The Kier molecular flexibility index (Phi) is 7.45. The summed E-state index contributed by atoms with van der Waals surface area (Å²) in [4.78, 5) is 12.9. The van der Waals surface area contributed by atoms with Gasteiger partial charge < -0.3 is 10.1 Å². The number of carbonyl (C=O) groups is 1. The summed E-state index contributed by atoms with van der Waals surface area (Å²) in [5.41, 5.74) is -0.932. The van der Waals surface area contributed by atoms with Crippen LogP contribution < -0.4 is 10.1 Å². The molecular formula is C22H25F3N2O4S. The van der Waals surface area contributed by atoms with E-state index in [9.17, 15) is 26.4 Å². The molecule has 0 atom stereocenters. The number of ether oxygens (including phenoxy) is 1. The number of nitrogens with one attached hydrogen (secondary N) is 1. The summed E-state index contributed by atoms with van der Waals surface area (Å²) >= 11 is 0. The molecule has 0 aliphatic carbocycles. The highest BCUT2D eigenvalue weighted by Crippen LogP contribution is 2.36.